The molecular weight excluding hydrogens is 478 g/mol. The summed E-state index contributed by atoms with van der Waals surface area (Å²) in [5.41, 5.74) is 10.1. The van der Waals surface area contributed by atoms with Crippen molar-refractivity contribution in [2.75, 3.05) is 0 Å². The van der Waals surface area contributed by atoms with Gasteiger partial charge in [-0.05, 0) is 79.0 Å². The molecule has 4 nitrogen and oxygen atoms in total. The Morgan fingerprint density at radius 3 is 2.62 bits per heavy atom. The highest BCUT2D eigenvalue weighted by Gasteiger charge is 2.14. The fourth-order valence-electron chi connectivity index (χ4n) is 4.84. The molecule has 0 saturated heterocycles. The first-order chi connectivity index (χ1) is 19.1. The third-order valence-corrected chi connectivity index (χ3v) is 7.34. The van der Waals surface area contributed by atoms with Crippen molar-refractivity contribution in [1.29, 1.82) is 0 Å². The van der Waals surface area contributed by atoms with Gasteiger partial charge in [-0.2, -0.15) is 0 Å². The van der Waals surface area contributed by atoms with Gasteiger partial charge in [0, 0.05) is 17.4 Å². The maximum absolute atomic E-state index is 5.98. The van der Waals surface area contributed by atoms with E-state index < -0.39 is 0 Å². The molecule has 5 rings (SSSR count). The van der Waals surface area contributed by atoms with E-state index in [1.807, 2.05) is 42.5 Å². The SMILES string of the molecule is C=CC1CC=NC(/C(=C\c2ccc(-c3ccnn3OCc3ccccc3)cc2)c2cccc(C)c2C)=C\CC1. The van der Waals surface area contributed by atoms with Crippen LogP contribution < -0.4 is 4.84 Å². The van der Waals surface area contributed by atoms with Crippen LogP contribution in [0.4, 0.5) is 0 Å². The van der Waals surface area contributed by atoms with Crippen LogP contribution in [0.2, 0.25) is 0 Å². The second-order valence-electron chi connectivity index (χ2n) is 9.99. The van der Waals surface area contributed by atoms with Crippen molar-refractivity contribution >= 4 is 17.9 Å². The van der Waals surface area contributed by atoms with Crippen LogP contribution in [0.25, 0.3) is 22.9 Å². The largest absolute Gasteiger partial charge is 0.391 e. The van der Waals surface area contributed by atoms with E-state index >= 15 is 0 Å². The van der Waals surface area contributed by atoms with Crippen LogP contribution in [0.1, 0.15) is 47.1 Å². The average Bonchev–Trinajstić information content (AvgIpc) is 3.42. The lowest BCUT2D eigenvalue weighted by molar-refractivity contribution is 0.0737. The van der Waals surface area contributed by atoms with Gasteiger partial charge in [-0.15, -0.1) is 11.7 Å². The lowest BCUT2D eigenvalue weighted by Crippen LogP contribution is -2.13. The van der Waals surface area contributed by atoms with Gasteiger partial charge in [-0.1, -0.05) is 89.8 Å². The van der Waals surface area contributed by atoms with Gasteiger partial charge in [-0.25, -0.2) is 0 Å². The van der Waals surface area contributed by atoms with Crippen molar-refractivity contribution in [2.45, 2.75) is 39.7 Å². The van der Waals surface area contributed by atoms with Crippen molar-refractivity contribution in [3.8, 4) is 11.3 Å². The molecule has 39 heavy (non-hydrogen) atoms. The van der Waals surface area contributed by atoms with Crippen molar-refractivity contribution in [3.05, 3.63) is 137 Å². The lowest BCUT2D eigenvalue weighted by atomic mass is 9.91. The third-order valence-electron chi connectivity index (χ3n) is 7.34. The van der Waals surface area contributed by atoms with Crippen molar-refractivity contribution in [1.82, 2.24) is 9.94 Å². The second-order valence-corrected chi connectivity index (χ2v) is 9.99. The summed E-state index contributed by atoms with van der Waals surface area (Å²) < 4.78 is 0. The highest BCUT2D eigenvalue weighted by atomic mass is 16.7. The zero-order chi connectivity index (χ0) is 27.0. The predicted octanol–water partition coefficient (Wildman–Crippen LogP) is 8.28. The lowest BCUT2D eigenvalue weighted by Gasteiger charge is -2.17. The maximum atomic E-state index is 5.98. The normalized spacial score (nSPS) is 17.1. The van der Waals surface area contributed by atoms with E-state index in [4.69, 9.17) is 9.83 Å². The summed E-state index contributed by atoms with van der Waals surface area (Å²) in [5.74, 6) is 0.484. The van der Waals surface area contributed by atoms with Gasteiger partial charge >= 0.3 is 0 Å². The van der Waals surface area contributed by atoms with Crippen molar-refractivity contribution < 1.29 is 4.84 Å². The summed E-state index contributed by atoms with van der Waals surface area (Å²) in [6.07, 6.45) is 13.4. The zero-order valence-electron chi connectivity index (χ0n) is 22.8. The Labute approximate surface area is 231 Å². The van der Waals surface area contributed by atoms with E-state index in [9.17, 15) is 0 Å². The minimum absolute atomic E-state index is 0.457. The summed E-state index contributed by atoms with van der Waals surface area (Å²) in [4.78, 5) is 12.5. The topological polar surface area (TPSA) is 39.4 Å². The van der Waals surface area contributed by atoms with Crippen LogP contribution in [0.5, 0.6) is 0 Å². The van der Waals surface area contributed by atoms with Gasteiger partial charge in [0.25, 0.3) is 0 Å². The molecule has 4 heteroatoms. The van der Waals surface area contributed by atoms with Crippen LogP contribution in [-0.4, -0.2) is 16.2 Å². The van der Waals surface area contributed by atoms with E-state index in [0.29, 0.717) is 12.5 Å². The summed E-state index contributed by atoms with van der Waals surface area (Å²) >= 11 is 0. The van der Waals surface area contributed by atoms with Crippen molar-refractivity contribution in [3.63, 3.8) is 0 Å². The smallest absolute Gasteiger partial charge is 0.142 e. The third kappa shape index (κ3) is 6.35. The number of aromatic nitrogens is 2. The molecule has 0 aliphatic carbocycles. The molecule has 0 saturated carbocycles. The number of rotatable bonds is 8. The predicted molar refractivity (Wildman–Crippen MR) is 162 cm³/mol. The van der Waals surface area contributed by atoms with Gasteiger partial charge in [0.1, 0.15) is 12.3 Å². The van der Waals surface area contributed by atoms with Crippen LogP contribution in [0.15, 0.2) is 114 Å². The Hall–Kier alpha value is -4.44. The van der Waals surface area contributed by atoms with Crippen LogP contribution >= 0.6 is 0 Å². The monoisotopic (exact) mass is 513 g/mol. The first kappa shape index (κ1) is 26.2. The second kappa shape index (κ2) is 12.4. The van der Waals surface area contributed by atoms with E-state index in [0.717, 1.165) is 52.9 Å². The van der Waals surface area contributed by atoms with E-state index in [-0.39, 0.29) is 0 Å². The number of allylic oxidation sites excluding steroid dienone is 3. The molecular formula is C35H35N3O. The van der Waals surface area contributed by atoms with Crippen LogP contribution in [0.3, 0.4) is 0 Å². The first-order valence-electron chi connectivity index (χ1n) is 13.6. The van der Waals surface area contributed by atoms with Crippen LogP contribution in [0, 0.1) is 19.8 Å². The van der Waals surface area contributed by atoms with Gasteiger partial charge in [0.2, 0.25) is 0 Å². The average molecular weight is 514 g/mol. The van der Waals surface area contributed by atoms with E-state index in [2.05, 4.69) is 86.4 Å². The highest BCUT2D eigenvalue weighted by Crippen LogP contribution is 2.32. The molecule has 196 valence electrons. The number of hydrogen-bond donors (Lipinski definition) is 0. The number of hydrogen-bond acceptors (Lipinski definition) is 3. The quantitative estimate of drug-likeness (QED) is 0.176. The summed E-state index contributed by atoms with van der Waals surface area (Å²) in [6.45, 7) is 8.80. The summed E-state index contributed by atoms with van der Waals surface area (Å²) in [6, 6.07) is 27.1. The molecule has 1 atom stereocenters. The first-order valence-corrected chi connectivity index (χ1v) is 13.6. The number of nitrogens with zero attached hydrogens (tertiary/aromatic N) is 3. The minimum atomic E-state index is 0.457. The molecule has 4 aromatic rings. The molecule has 3 aromatic carbocycles. The molecule has 1 aromatic heterocycles. The summed E-state index contributed by atoms with van der Waals surface area (Å²) in [7, 11) is 0. The molecule has 1 aliphatic rings. The zero-order valence-corrected chi connectivity index (χ0v) is 22.8. The molecule has 0 bridgehead atoms. The Morgan fingerprint density at radius 2 is 1.82 bits per heavy atom. The van der Waals surface area contributed by atoms with Gasteiger partial charge in [0.15, 0.2) is 0 Å². The maximum Gasteiger partial charge on any atom is 0.142 e. The molecule has 2 heterocycles. The highest BCUT2D eigenvalue weighted by molar-refractivity contribution is 5.93. The van der Waals surface area contributed by atoms with E-state index in [1.165, 1.54) is 16.7 Å². The molecule has 0 amide bonds. The molecule has 1 aliphatic heterocycles. The summed E-state index contributed by atoms with van der Waals surface area (Å²) in [5, 5.41) is 4.38. The fraction of sp³-hybridized carbons (Fsp3) is 0.200. The fourth-order valence-corrected chi connectivity index (χ4v) is 4.84. The molecule has 0 radical (unpaired) electrons. The molecule has 0 N–H and O–H groups in total. The standard InChI is InChI=1S/C35H35N3O/c1-4-28-13-9-15-34(36-22-20-28)33(32-14-8-10-26(2)27(32)3)24-29-16-18-31(19-17-29)35-21-23-37-38(35)39-25-30-11-6-5-7-12-30/h4-8,10-12,14-19,21-24,28H,1,9,13,20,25H2,2-3H3/b33-24-,34-15-,36-22?. The Balaban J connectivity index is 1.44. The van der Waals surface area contributed by atoms with Crippen LogP contribution in [-0.2, 0) is 6.61 Å². The van der Waals surface area contributed by atoms with Crippen molar-refractivity contribution in [2.24, 2.45) is 10.9 Å². The minimum Gasteiger partial charge on any atom is -0.391 e. The van der Waals surface area contributed by atoms with Gasteiger partial charge in [0.05, 0.1) is 11.9 Å². The number of aliphatic imine (C=N–C) groups is 1. The van der Waals surface area contributed by atoms with E-state index in [1.54, 1.807) is 11.0 Å². The Morgan fingerprint density at radius 1 is 1.00 bits per heavy atom. The number of benzene rings is 3. The molecule has 0 fully saturated rings. The molecule has 0 spiro atoms. The Kier molecular flexibility index (Phi) is 8.33. The van der Waals surface area contributed by atoms with Gasteiger partial charge in [-0.3, -0.25) is 4.99 Å². The van der Waals surface area contributed by atoms with Gasteiger partial charge < -0.3 is 4.84 Å². The Bertz CT molecular complexity index is 1510. The number of aryl methyl sites for hydroxylation is 1. The molecule has 1 unspecified atom stereocenters.